The van der Waals surface area contributed by atoms with E-state index in [9.17, 15) is 14.7 Å². The second-order valence-corrected chi connectivity index (χ2v) is 7.81. The molecule has 0 unspecified atom stereocenters. The van der Waals surface area contributed by atoms with Crippen LogP contribution in [0.2, 0.25) is 0 Å². The van der Waals surface area contributed by atoms with E-state index in [2.05, 4.69) is 5.32 Å². The number of rotatable bonds is 6. The van der Waals surface area contributed by atoms with Crippen molar-refractivity contribution in [3.05, 3.63) is 71.4 Å². The van der Waals surface area contributed by atoms with E-state index >= 15 is 0 Å². The van der Waals surface area contributed by atoms with Crippen LogP contribution in [0.4, 0.5) is 5.69 Å². The molecule has 0 amide bonds. The number of methoxy groups -OCH3 is 1. The Morgan fingerprint density at radius 1 is 1.07 bits per heavy atom. The van der Waals surface area contributed by atoms with Crippen molar-refractivity contribution >= 4 is 17.3 Å². The Morgan fingerprint density at radius 2 is 1.69 bits per heavy atom. The van der Waals surface area contributed by atoms with Gasteiger partial charge in [-0.2, -0.15) is 0 Å². The number of ether oxygens (including phenoxy) is 1. The molecule has 0 aromatic heterocycles. The van der Waals surface area contributed by atoms with Gasteiger partial charge < -0.3 is 15.2 Å². The molecule has 5 heteroatoms. The van der Waals surface area contributed by atoms with Crippen LogP contribution in [0.1, 0.15) is 38.7 Å². The summed E-state index contributed by atoms with van der Waals surface area (Å²) in [7, 11) is 1.60. The molecular weight excluding hydrogens is 366 g/mol. The monoisotopic (exact) mass is 393 g/mol. The number of hydrogen-bond donors (Lipinski definition) is 2. The minimum Gasteiger partial charge on any atom is -0.497 e. The fourth-order valence-corrected chi connectivity index (χ4v) is 4.36. The first-order valence-corrected chi connectivity index (χ1v) is 9.67. The maximum absolute atomic E-state index is 12.8. The van der Waals surface area contributed by atoms with Gasteiger partial charge in [0.15, 0.2) is 5.78 Å². The highest BCUT2D eigenvalue weighted by Crippen LogP contribution is 2.47. The first-order valence-electron chi connectivity index (χ1n) is 9.67. The van der Waals surface area contributed by atoms with Crippen molar-refractivity contribution in [1.29, 1.82) is 0 Å². The average Bonchev–Trinajstić information content (AvgIpc) is 2.67. The average molecular weight is 393 g/mol. The number of allylic oxidation sites excluding steroid dienone is 1. The lowest BCUT2D eigenvalue weighted by Crippen LogP contribution is -2.48. The minimum absolute atomic E-state index is 0.114. The molecule has 0 aliphatic heterocycles. The summed E-state index contributed by atoms with van der Waals surface area (Å²) in [4.78, 5) is 25.3. The first kappa shape index (κ1) is 20.8. The van der Waals surface area contributed by atoms with Crippen LogP contribution in [0.5, 0.6) is 5.75 Å². The van der Waals surface area contributed by atoms with Crippen molar-refractivity contribution in [2.45, 2.75) is 38.7 Å². The Bertz CT molecular complexity index is 929. The van der Waals surface area contributed by atoms with Gasteiger partial charge >= 0.3 is 0 Å². The number of nitrogens with one attached hydrogen (secondary N) is 1. The van der Waals surface area contributed by atoms with Gasteiger partial charge in [-0.3, -0.25) is 9.59 Å². The quantitative estimate of drug-likeness (QED) is 0.773. The van der Waals surface area contributed by atoms with Crippen LogP contribution < -0.4 is 10.1 Å². The summed E-state index contributed by atoms with van der Waals surface area (Å²) in [6.07, 6.45) is 0.182. The predicted octanol–water partition coefficient (Wildman–Crippen LogP) is 4.09. The second-order valence-electron chi connectivity index (χ2n) is 7.81. The van der Waals surface area contributed by atoms with Gasteiger partial charge in [-0.15, -0.1) is 0 Å². The molecule has 0 spiro atoms. The van der Waals surface area contributed by atoms with Crippen molar-refractivity contribution in [2.24, 2.45) is 5.92 Å². The molecule has 0 fully saturated rings. The fraction of sp³-hybridized carbons (Fsp3) is 0.333. The number of ketones is 2. The largest absolute Gasteiger partial charge is 0.497 e. The van der Waals surface area contributed by atoms with Gasteiger partial charge in [-0.05, 0) is 50.6 Å². The van der Waals surface area contributed by atoms with Crippen LogP contribution in [0.3, 0.4) is 0 Å². The maximum Gasteiger partial charge on any atom is 0.158 e. The highest BCUT2D eigenvalue weighted by molar-refractivity contribution is 5.98. The van der Waals surface area contributed by atoms with Crippen LogP contribution in [-0.4, -0.2) is 29.4 Å². The lowest BCUT2D eigenvalue weighted by molar-refractivity contribution is -0.131. The molecular formula is C24H27NO4. The van der Waals surface area contributed by atoms with Crippen LogP contribution in [0, 0.1) is 5.92 Å². The van der Waals surface area contributed by atoms with Gasteiger partial charge in [0.05, 0.1) is 18.6 Å². The van der Waals surface area contributed by atoms with Crippen LogP contribution in [-0.2, 0) is 9.59 Å². The van der Waals surface area contributed by atoms with Gasteiger partial charge in [0.1, 0.15) is 11.5 Å². The standard InChI is InChI=1S/C24H27NO4/c1-15(26)21-20(25-18-10-12-19(29-4)13-11-18)14-24(3,28)23(16(2)27)22(21)17-8-6-5-7-9-17/h5-13,22-23,25,28H,14H2,1-4H3/t22-,23+,24+/m1/s1. The number of carbonyl (C=O) groups excluding carboxylic acids is 2. The number of benzene rings is 2. The SMILES string of the molecule is COc1ccc(NC2=C(C(C)=O)[C@@H](c3ccccc3)[C@H](C(C)=O)[C@@](C)(O)C2)cc1. The van der Waals surface area contributed by atoms with Gasteiger partial charge in [0.2, 0.25) is 0 Å². The number of aliphatic hydroxyl groups is 1. The molecule has 2 aromatic rings. The third-order valence-electron chi connectivity index (χ3n) is 5.54. The van der Waals surface area contributed by atoms with E-state index < -0.39 is 17.4 Å². The summed E-state index contributed by atoms with van der Waals surface area (Å²) in [5, 5.41) is 14.6. The fourth-order valence-electron chi connectivity index (χ4n) is 4.36. The second kappa shape index (κ2) is 8.21. The van der Waals surface area contributed by atoms with Gasteiger partial charge in [0.25, 0.3) is 0 Å². The molecule has 3 rings (SSSR count). The van der Waals surface area contributed by atoms with Gasteiger partial charge in [-0.25, -0.2) is 0 Å². The van der Waals surface area contributed by atoms with Crippen molar-refractivity contribution < 1.29 is 19.4 Å². The number of carbonyl (C=O) groups is 2. The number of Topliss-reactive ketones (excluding diaryl/α,β-unsaturated/α-hetero) is 2. The Hall–Kier alpha value is -2.92. The van der Waals surface area contributed by atoms with E-state index in [1.54, 1.807) is 14.0 Å². The molecule has 0 saturated carbocycles. The number of anilines is 1. The van der Waals surface area contributed by atoms with Crippen LogP contribution >= 0.6 is 0 Å². The van der Waals surface area contributed by atoms with Crippen LogP contribution in [0.25, 0.3) is 0 Å². The van der Waals surface area contributed by atoms with Crippen molar-refractivity contribution in [1.82, 2.24) is 0 Å². The van der Waals surface area contributed by atoms with Crippen molar-refractivity contribution in [3.63, 3.8) is 0 Å². The Labute approximate surface area is 171 Å². The molecule has 0 radical (unpaired) electrons. The van der Waals surface area contributed by atoms with E-state index in [0.717, 1.165) is 17.0 Å². The number of hydrogen-bond acceptors (Lipinski definition) is 5. The van der Waals surface area contributed by atoms with Crippen LogP contribution in [0.15, 0.2) is 65.9 Å². The zero-order valence-corrected chi connectivity index (χ0v) is 17.2. The van der Waals surface area contributed by atoms with Gasteiger partial charge in [0, 0.05) is 29.3 Å². The maximum atomic E-state index is 12.8. The predicted molar refractivity (Wildman–Crippen MR) is 113 cm³/mol. The summed E-state index contributed by atoms with van der Waals surface area (Å²) in [6, 6.07) is 16.8. The summed E-state index contributed by atoms with van der Waals surface area (Å²) in [5.41, 5.74) is 1.51. The van der Waals surface area contributed by atoms with E-state index in [4.69, 9.17) is 4.74 Å². The first-order chi connectivity index (χ1) is 13.7. The zero-order chi connectivity index (χ0) is 21.2. The van der Waals surface area contributed by atoms with E-state index in [1.165, 1.54) is 13.8 Å². The summed E-state index contributed by atoms with van der Waals surface area (Å²) in [5.74, 6) is -0.741. The summed E-state index contributed by atoms with van der Waals surface area (Å²) >= 11 is 0. The third kappa shape index (κ3) is 4.25. The highest BCUT2D eigenvalue weighted by Gasteiger charge is 2.49. The molecule has 2 N–H and O–H groups in total. The van der Waals surface area contributed by atoms with Crippen molar-refractivity contribution in [3.8, 4) is 5.75 Å². The molecule has 0 saturated heterocycles. The molecule has 3 atom stereocenters. The topological polar surface area (TPSA) is 75.6 Å². The Kier molecular flexibility index (Phi) is 5.89. The third-order valence-corrected chi connectivity index (χ3v) is 5.54. The van der Waals surface area contributed by atoms with E-state index in [0.29, 0.717) is 11.3 Å². The molecule has 5 nitrogen and oxygen atoms in total. The molecule has 0 heterocycles. The molecule has 2 aromatic carbocycles. The minimum atomic E-state index is -1.29. The Balaban J connectivity index is 2.15. The molecule has 1 aliphatic rings. The molecule has 29 heavy (non-hydrogen) atoms. The summed E-state index contributed by atoms with van der Waals surface area (Å²) < 4.78 is 5.20. The van der Waals surface area contributed by atoms with E-state index in [1.807, 2.05) is 54.6 Å². The van der Waals surface area contributed by atoms with Crippen molar-refractivity contribution in [2.75, 3.05) is 12.4 Å². The highest BCUT2D eigenvalue weighted by atomic mass is 16.5. The molecule has 1 aliphatic carbocycles. The lowest BCUT2D eigenvalue weighted by Gasteiger charge is -2.43. The Morgan fingerprint density at radius 3 is 2.21 bits per heavy atom. The lowest BCUT2D eigenvalue weighted by atomic mass is 9.64. The zero-order valence-electron chi connectivity index (χ0n) is 17.2. The van der Waals surface area contributed by atoms with E-state index in [-0.39, 0.29) is 18.0 Å². The normalized spacial score (nSPS) is 24.2. The summed E-state index contributed by atoms with van der Waals surface area (Å²) in [6.45, 7) is 4.66. The smallest absolute Gasteiger partial charge is 0.158 e. The molecule has 0 bridgehead atoms. The van der Waals surface area contributed by atoms with Gasteiger partial charge in [-0.1, -0.05) is 30.3 Å². The molecule has 152 valence electrons.